The molecule has 1 unspecified atom stereocenters. The van der Waals surface area contributed by atoms with Crippen LogP contribution in [0.2, 0.25) is 0 Å². The van der Waals surface area contributed by atoms with Gasteiger partial charge in [-0.25, -0.2) is 0 Å². The standard InChI is InChI=1S/C15H22N2O4/c1-2-3-6-9-16-12(15(20)21)10-14(19)17-11-7-4-5-8-13(11)18/h4-5,7-8,12,16,18H,2-3,6,9-10H2,1H3,(H,17,19)(H,20,21). The van der Waals surface area contributed by atoms with E-state index in [1.807, 2.05) is 0 Å². The lowest BCUT2D eigenvalue weighted by atomic mass is 10.1. The molecule has 1 amide bonds. The number of carboxylic acids is 1. The number of unbranched alkanes of at least 4 members (excludes halogenated alkanes) is 2. The molecular formula is C15H22N2O4. The topological polar surface area (TPSA) is 98.7 Å². The van der Waals surface area contributed by atoms with E-state index in [9.17, 15) is 14.7 Å². The number of carbonyl (C=O) groups excluding carboxylic acids is 1. The summed E-state index contributed by atoms with van der Waals surface area (Å²) in [6, 6.07) is 5.39. The number of hydrogen-bond acceptors (Lipinski definition) is 4. The Morgan fingerprint density at radius 3 is 2.57 bits per heavy atom. The molecule has 0 aliphatic rings. The first-order valence-corrected chi connectivity index (χ1v) is 7.08. The van der Waals surface area contributed by atoms with Gasteiger partial charge in [0, 0.05) is 0 Å². The highest BCUT2D eigenvalue weighted by atomic mass is 16.4. The van der Waals surface area contributed by atoms with Gasteiger partial charge in [-0.3, -0.25) is 9.59 Å². The molecule has 0 saturated heterocycles. The summed E-state index contributed by atoms with van der Waals surface area (Å²) in [5.41, 5.74) is 0.276. The lowest BCUT2D eigenvalue weighted by Crippen LogP contribution is -2.40. The van der Waals surface area contributed by atoms with Gasteiger partial charge in [-0.2, -0.15) is 0 Å². The van der Waals surface area contributed by atoms with E-state index in [0.29, 0.717) is 6.54 Å². The number of aliphatic carboxylic acids is 1. The lowest BCUT2D eigenvalue weighted by Gasteiger charge is -2.14. The number of amides is 1. The third-order valence-corrected chi connectivity index (χ3v) is 3.04. The van der Waals surface area contributed by atoms with E-state index >= 15 is 0 Å². The lowest BCUT2D eigenvalue weighted by molar-refractivity contribution is -0.141. The van der Waals surface area contributed by atoms with Gasteiger partial charge in [0.05, 0.1) is 12.1 Å². The van der Waals surface area contributed by atoms with Gasteiger partial charge in [-0.1, -0.05) is 31.9 Å². The average Bonchev–Trinajstić information content (AvgIpc) is 2.44. The number of phenols is 1. The third kappa shape index (κ3) is 6.27. The van der Waals surface area contributed by atoms with Crippen molar-refractivity contribution in [3.05, 3.63) is 24.3 Å². The predicted molar refractivity (Wildman–Crippen MR) is 80.3 cm³/mol. The Labute approximate surface area is 124 Å². The minimum Gasteiger partial charge on any atom is -0.506 e. The zero-order valence-electron chi connectivity index (χ0n) is 12.1. The van der Waals surface area contributed by atoms with Crippen molar-refractivity contribution in [3.63, 3.8) is 0 Å². The molecule has 4 N–H and O–H groups in total. The van der Waals surface area contributed by atoms with Crippen molar-refractivity contribution in [2.24, 2.45) is 0 Å². The van der Waals surface area contributed by atoms with Crippen LogP contribution in [-0.2, 0) is 9.59 Å². The Bertz CT molecular complexity index is 476. The van der Waals surface area contributed by atoms with Gasteiger partial charge in [0.2, 0.25) is 5.91 Å². The number of hydrogen-bond donors (Lipinski definition) is 4. The van der Waals surface area contributed by atoms with E-state index in [4.69, 9.17) is 5.11 Å². The van der Waals surface area contributed by atoms with Crippen LogP contribution in [0.4, 0.5) is 5.69 Å². The maximum atomic E-state index is 11.8. The molecule has 21 heavy (non-hydrogen) atoms. The third-order valence-electron chi connectivity index (χ3n) is 3.04. The van der Waals surface area contributed by atoms with Crippen LogP contribution in [0, 0.1) is 0 Å². The molecule has 1 aromatic rings. The van der Waals surface area contributed by atoms with E-state index in [2.05, 4.69) is 17.6 Å². The minimum atomic E-state index is -1.06. The smallest absolute Gasteiger partial charge is 0.321 e. The summed E-state index contributed by atoms with van der Waals surface area (Å²) < 4.78 is 0. The highest BCUT2D eigenvalue weighted by molar-refractivity contribution is 5.95. The maximum absolute atomic E-state index is 11.8. The molecule has 0 aliphatic heterocycles. The summed E-state index contributed by atoms with van der Waals surface area (Å²) in [6.07, 6.45) is 2.76. The number of benzene rings is 1. The summed E-state index contributed by atoms with van der Waals surface area (Å²) in [4.78, 5) is 23.0. The number of para-hydroxylation sites is 2. The highest BCUT2D eigenvalue weighted by Gasteiger charge is 2.20. The Kier molecular flexibility index (Phi) is 7.25. The SMILES string of the molecule is CCCCCNC(CC(=O)Nc1ccccc1O)C(=O)O. The van der Waals surface area contributed by atoms with Crippen molar-refractivity contribution in [2.45, 2.75) is 38.6 Å². The second-order valence-electron chi connectivity index (χ2n) is 4.82. The van der Waals surface area contributed by atoms with Gasteiger partial charge in [-0.15, -0.1) is 0 Å². The fourth-order valence-corrected chi connectivity index (χ4v) is 1.86. The van der Waals surface area contributed by atoms with Gasteiger partial charge >= 0.3 is 5.97 Å². The Morgan fingerprint density at radius 1 is 1.24 bits per heavy atom. The molecule has 0 heterocycles. The zero-order valence-corrected chi connectivity index (χ0v) is 12.1. The van der Waals surface area contributed by atoms with E-state index in [1.165, 1.54) is 6.07 Å². The van der Waals surface area contributed by atoms with Crippen LogP contribution >= 0.6 is 0 Å². The molecule has 0 aliphatic carbocycles. The van der Waals surface area contributed by atoms with Crippen LogP contribution < -0.4 is 10.6 Å². The van der Waals surface area contributed by atoms with E-state index < -0.39 is 17.9 Å². The highest BCUT2D eigenvalue weighted by Crippen LogP contribution is 2.21. The fraction of sp³-hybridized carbons (Fsp3) is 0.467. The Hall–Kier alpha value is -2.08. The van der Waals surface area contributed by atoms with Crippen molar-refractivity contribution >= 4 is 17.6 Å². The van der Waals surface area contributed by atoms with Crippen molar-refractivity contribution in [2.75, 3.05) is 11.9 Å². The molecule has 116 valence electrons. The van der Waals surface area contributed by atoms with Crippen LogP contribution in [0.15, 0.2) is 24.3 Å². The number of anilines is 1. The molecule has 0 fully saturated rings. The van der Waals surface area contributed by atoms with Crippen molar-refractivity contribution in [1.82, 2.24) is 5.32 Å². The molecule has 0 bridgehead atoms. The maximum Gasteiger partial charge on any atom is 0.321 e. The molecule has 0 radical (unpaired) electrons. The number of rotatable bonds is 9. The molecule has 0 saturated carbocycles. The summed E-state index contributed by atoms with van der Waals surface area (Å²) in [6.45, 7) is 2.63. The minimum absolute atomic E-state index is 0.0476. The number of aromatic hydroxyl groups is 1. The van der Waals surface area contributed by atoms with Gasteiger partial charge < -0.3 is 20.8 Å². The molecule has 1 rings (SSSR count). The Morgan fingerprint density at radius 2 is 1.95 bits per heavy atom. The first kappa shape index (κ1) is 17.0. The van der Waals surface area contributed by atoms with Crippen LogP contribution in [0.25, 0.3) is 0 Å². The number of phenolic OH excluding ortho intramolecular Hbond substituents is 1. The number of carbonyl (C=O) groups is 2. The summed E-state index contributed by atoms with van der Waals surface area (Å²) in [7, 11) is 0. The van der Waals surface area contributed by atoms with Gasteiger partial charge in [-0.05, 0) is 25.1 Å². The van der Waals surface area contributed by atoms with Gasteiger partial charge in [0.15, 0.2) is 0 Å². The van der Waals surface area contributed by atoms with Crippen molar-refractivity contribution in [1.29, 1.82) is 0 Å². The monoisotopic (exact) mass is 294 g/mol. The first-order valence-electron chi connectivity index (χ1n) is 7.08. The fourth-order valence-electron chi connectivity index (χ4n) is 1.86. The number of nitrogens with one attached hydrogen (secondary N) is 2. The predicted octanol–water partition coefficient (Wildman–Crippen LogP) is 1.95. The van der Waals surface area contributed by atoms with Gasteiger partial charge in [0.25, 0.3) is 0 Å². The largest absolute Gasteiger partial charge is 0.506 e. The number of carboxylic acid groups (broad SMARTS) is 1. The second kappa shape index (κ2) is 8.97. The van der Waals surface area contributed by atoms with E-state index in [-0.39, 0.29) is 17.9 Å². The zero-order chi connectivity index (χ0) is 15.7. The molecule has 1 aromatic carbocycles. The van der Waals surface area contributed by atoms with Crippen LogP contribution in [-0.4, -0.2) is 34.7 Å². The summed E-state index contributed by atoms with van der Waals surface area (Å²) >= 11 is 0. The summed E-state index contributed by atoms with van der Waals surface area (Å²) in [5, 5.41) is 24.0. The molecule has 6 nitrogen and oxygen atoms in total. The Balaban J connectivity index is 2.49. The van der Waals surface area contributed by atoms with E-state index in [0.717, 1.165) is 19.3 Å². The summed E-state index contributed by atoms with van der Waals surface area (Å²) in [5.74, 6) is -1.56. The molecule has 0 spiro atoms. The van der Waals surface area contributed by atoms with Crippen molar-refractivity contribution in [3.8, 4) is 5.75 Å². The van der Waals surface area contributed by atoms with Crippen LogP contribution in [0.5, 0.6) is 5.75 Å². The molecular weight excluding hydrogens is 272 g/mol. The van der Waals surface area contributed by atoms with E-state index in [1.54, 1.807) is 18.2 Å². The molecule has 0 aromatic heterocycles. The second-order valence-corrected chi connectivity index (χ2v) is 4.82. The quantitative estimate of drug-likeness (QED) is 0.412. The average molecular weight is 294 g/mol. The normalized spacial score (nSPS) is 11.9. The molecule has 1 atom stereocenters. The van der Waals surface area contributed by atoms with Crippen molar-refractivity contribution < 1.29 is 19.8 Å². The molecule has 6 heteroatoms. The van der Waals surface area contributed by atoms with Gasteiger partial charge in [0.1, 0.15) is 11.8 Å². The first-order chi connectivity index (χ1) is 10.0. The van der Waals surface area contributed by atoms with Crippen LogP contribution in [0.3, 0.4) is 0 Å². The van der Waals surface area contributed by atoms with Crippen LogP contribution in [0.1, 0.15) is 32.6 Å².